The second kappa shape index (κ2) is 6.43. The van der Waals surface area contributed by atoms with Crippen LogP contribution < -0.4 is 0 Å². The summed E-state index contributed by atoms with van der Waals surface area (Å²) in [5.74, 6) is -0.0874. The molecule has 1 aromatic carbocycles. The van der Waals surface area contributed by atoms with Crippen LogP contribution in [0.3, 0.4) is 0 Å². The fraction of sp³-hybridized carbons (Fsp3) is 0.667. The van der Waals surface area contributed by atoms with Crippen molar-refractivity contribution in [3.8, 4) is 0 Å². The molecule has 0 atom stereocenters. The maximum atomic E-state index is 13.5. The molecule has 0 saturated heterocycles. The Morgan fingerprint density at radius 1 is 1.05 bits per heavy atom. The fourth-order valence-electron chi connectivity index (χ4n) is 3.45. The van der Waals surface area contributed by atoms with E-state index >= 15 is 0 Å². The highest BCUT2D eigenvalue weighted by Crippen LogP contribution is 2.40. The monoisotopic (exact) mass is 296 g/mol. The van der Waals surface area contributed by atoms with Crippen LogP contribution in [0.15, 0.2) is 12.1 Å². The van der Waals surface area contributed by atoms with Crippen LogP contribution in [0.5, 0.6) is 0 Å². The van der Waals surface area contributed by atoms with Crippen molar-refractivity contribution in [2.45, 2.75) is 59.0 Å². The van der Waals surface area contributed by atoms with Crippen LogP contribution in [0.1, 0.15) is 47.9 Å². The van der Waals surface area contributed by atoms with Crippen molar-refractivity contribution < 1.29 is 13.5 Å². The minimum Gasteiger partial charge on any atom is -0.324 e. The van der Waals surface area contributed by atoms with Gasteiger partial charge in [-0.05, 0) is 81.0 Å². The van der Waals surface area contributed by atoms with Crippen molar-refractivity contribution in [3.63, 3.8) is 0 Å². The molecule has 1 nitrogen and oxygen atoms in total. The Balaban J connectivity index is 1.95. The predicted molar refractivity (Wildman–Crippen MR) is 81.8 cm³/mol. The van der Waals surface area contributed by atoms with Crippen molar-refractivity contribution >= 4 is 0 Å². The van der Waals surface area contributed by atoms with Crippen LogP contribution in [0.25, 0.3) is 0 Å². The third-order valence-electron chi connectivity index (χ3n) is 5.11. The fourth-order valence-corrected chi connectivity index (χ4v) is 3.45. The zero-order valence-corrected chi connectivity index (χ0v) is 13.5. The van der Waals surface area contributed by atoms with Gasteiger partial charge in [0.2, 0.25) is 0 Å². The quantitative estimate of drug-likeness (QED) is 0.742. The molecule has 2 rings (SSSR count). The first-order valence-corrected chi connectivity index (χ1v) is 7.83. The lowest BCUT2D eigenvalue weighted by atomic mass is 9.78. The van der Waals surface area contributed by atoms with Crippen LogP contribution in [-0.2, 0) is 11.2 Å². The second-order valence-corrected chi connectivity index (χ2v) is 6.54. The van der Waals surface area contributed by atoms with E-state index in [0.29, 0.717) is 18.8 Å². The van der Waals surface area contributed by atoms with Crippen LogP contribution in [0, 0.1) is 32.6 Å². The zero-order chi connectivity index (χ0) is 15.6. The number of benzene rings is 1. The highest BCUT2D eigenvalue weighted by molar-refractivity contribution is 5.37. The smallest absolute Gasteiger partial charge is 0.324 e. The minimum atomic E-state index is -2.96. The molecule has 1 aliphatic rings. The molecule has 0 unspecified atom stereocenters. The van der Waals surface area contributed by atoms with E-state index < -0.39 is 12.0 Å². The van der Waals surface area contributed by atoms with Gasteiger partial charge >= 0.3 is 6.11 Å². The molecule has 21 heavy (non-hydrogen) atoms. The van der Waals surface area contributed by atoms with E-state index in [1.807, 2.05) is 0 Å². The molecule has 0 aromatic heterocycles. The first-order chi connectivity index (χ1) is 9.83. The molecule has 0 aliphatic heterocycles. The largest absolute Gasteiger partial charge is 0.358 e. The number of hydrogen-bond donors (Lipinski definition) is 0. The van der Waals surface area contributed by atoms with Crippen molar-refractivity contribution in [1.29, 1.82) is 0 Å². The average Bonchev–Trinajstić information content (AvgIpc) is 2.45. The van der Waals surface area contributed by atoms with Gasteiger partial charge in [-0.1, -0.05) is 12.1 Å². The Morgan fingerprint density at radius 2 is 1.57 bits per heavy atom. The molecule has 0 bridgehead atoms. The van der Waals surface area contributed by atoms with Crippen molar-refractivity contribution in [2.75, 3.05) is 7.11 Å². The summed E-state index contributed by atoms with van der Waals surface area (Å²) in [6.45, 7) is 6.43. The van der Waals surface area contributed by atoms with Crippen LogP contribution in [0.4, 0.5) is 8.78 Å². The lowest BCUT2D eigenvalue weighted by Crippen LogP contribution is -2.33. The molecule has 0 spiro atoms. The van der Waals surface area contributed by atoms with Gasteiger partial charge in [0.05, 0.1) is 5.92 Å². The number of aryl methyl sites for hydroxylation is 2. The number of alkyl halides is 2. The summed E-state index contributed by atoms with van der Waals surface area (Å²) in [4.78, 5) is 0. The maximum absolute atomic E-state index is 13.5. The van der Waals surface area contributed by atoms with Gasteiger partial charge in [-0.25, -0.2) is 0 Å². The molecule has 1 aromatic rings. The van der Waals surface area contributed by atoms with Crippen molar-refractivity contribution in [1.82, 2.24) is 0 Å². The van der Waals surface area contributed by atoms with Gasteiger partial charge in [-0.2, -0.15) is 8.78 Å². The third kappa shape index (κ3) is 3.82. The zero-order valence-electron chi connectivity index (χ0n) is 13.5. The summed E-state index contributed by atoms with van der Waals surface area (Å²) in [7, 11) is 1.10. The molecule has 0 N–H and O–H groups in total. The molecule has 0 heterocycles. The Kier molecular flexibility index (Phi) is 5.03. The molecule has 0 amide bonds. The van der Waals surface area contributed by atoms with Crippen molar-refractivity contribution in [3.05, 3.63) is 34.4 Å². The molecule has 1 saturated carbocycles. The van der Waals surface area contributed by atoms with E-state index in [-0.39, 0.29) is 0 Å². The van der Waals surface area contributed by atoms with Crippen LogP contribution in [0.2, 0.25) is 0 Å². The molecule has 0 radical (unpaired) electrons. The van der Waals surface area contributed by atoms with Crippen LogP contribution in [-0.4, -0.2) is 13.2 Å². The highest BCUT2D eigenvalue weighted by Gasteiger charge is 2.41. The predicted octanol–water partition coefficient (Wildman–Crippen LogP) is 5.20. The molecular weight excluding hydrogens is 270 g/mol. The SMILES string of the molecule is COC(F)(F)C1CCC(Cc2cc(C)c(C)c(C)c2)CC1. The number of ether oxygens (including phenoxy) is 1. The number of rotatable bonds is 4. The number of methoxy groups -OCH3 is 1. The third-order valence-corrected chi connectivity index (χ3v) is 5.11. The average molecular weight is 296 g/mol. The normalized spacial score (nSPS) is 23.3. The molecule has 1 aliphatic carbocycles. The van der Waals surface area contributed by atoms with Gasteiger partial charge in [0.25, 0.3) is 0 Å². The molecular formula is C18H26F2O. The summed E-state index contributed by atoms with van der Waals surface area (Å²) < 4.78 is 31.4. The first-order valence-electron chi connectivity index (χ1n) is 7.83. The van der Waals surface area contributed by atoms with Gasteiger partial charge in [-0.3, -0.25) is 0 Å². The van der Waals surface area contributed by atoms with Crippen LogP contribution >= 0.6 is 0 Å². The lowest BCUT2D eigenvalue weighted by molar-refractivity contribution is -0.262. The first kappa shape index (κ1) is 16.4. The van der Waals surface area contributed by atoms with E-state index in [4.69, 9.17) is 0 Å². The maximum Gasteiger partial charge on any atom is 0.358 e. The van der Waals surface area contributed by atoms with Gasteiger partial charge in [0.1, 0.15) is 0 Å². The van der Waals surface area contributed by atoms with E-state index in [1.165, 1.54) is 22.3 Å². The summed E-state index contributed by atoms with van der Waals surface area (Å²) in [6.07, 6.45) is 0.922. The highest BCUT2D eigenvalue weighted by atomic mass is 19.3. The summed E-state index contributed by atoms with van der Waals surface area (Å²) in [6, 6.07) is 4.50. The second-order valence-electron chi connectivity index (χ2n) is 6.54. The van der Waals surface area contributed by atoms with E-state index in [0.717, 1.165) is 26.4 Å². The Bertz CT molecular complexity index is 465. The standard InChI is InChI=1S/C18H26F2O/c1-12-9-16(10-13(2)14(12)3)11-15-5-7-17(8-6-15)18(19,20)21-4/h9-10,15,17H,5-8,11H2,1-4H3. The van der Waals surface area contributed by atoms with E-state index in [9.17, 15) is 8.78 Å². The van der Waals surface area contributed by atoms with Gasteiger partial charge in [-0.15, -0.1) is 0 Å². The summed E-state index contributed by atoms with van der Waals surface area (Å²) in [5.41, 5.74) is 5.34. The summed E-state index contributed by atoms with van der Waals surface area (Å²) >= 11 is 0. The Hall–Kier alpha value is -0.960. The topological polar surface area (TPSA) is 9.23 Å². The molecule has 3 heteroatoms. The Morgan fingerprint density at radius 3 is 2.05 bits per heavy atom. The molecule has 118 valence electrons. The van der Waals surface area contributed by atoms with Gasteiger partial charge in [0, 0.05) is 7.11 Å². The summed E-state index contributed by atoms with van der Waals surface area (Å²) in [5, 5.41) is 0. The number of halogens is 2. The Labute approximate surface area is 126 Å². The van der Waals surface area contributed by atoms with E-state index in [1.54, 1.807) is 0 Å². The van der Waals surface area contributed by atoms with E-state index in [2.05, 4.69) is 37.6 Å². The molecule has 1 fully saturated rings. The lowest BCUT2D eigenvalue weighted by Gasteiger charge is -2.32. The van der Waals surface area contributed by atoms with Gasteiger partial charge in [0.15, 0.2) is 0 Å². The van der Waals surface area contributed by atoms with Gasteiger partial charge < -0.3 is 4.74 Å². The van der Waals surface area contributed by atoms with Crippen molar-refractivity contribution in [2.24, 2.45) is 11.8 Å². The minimum absolute atomic E-state index is 0.524. The number of hydrogen-bond acceptors (Lipinski definition) is 1.